The number of hydrogen-bond donors (Lipinski definition) is 0. The molecule has 1 aromatic rings. The van der Waals surface area contributed by atoms with Crippen molar-refractivity contribution in [3.05, 3.63) is 35.4 Å². The summed E-state index contributed by atoms with van der Waals surface area (Å²) in [6.07, 6.45) is 1.05. The summed E-state index contributed by atoms with van der Waals surface area (Å²) in [4.78, 5) is 11.1. The smallest absolute Gasteiger partial charge is 0.129 e. The highest BCUT2D eigenvalue weighted by atomic mass is 16.1. The predicted octanol–water partition coefficient (Wildman–Crippen LogP) is 1.51. The van der Waals surface area contributed by atoms with Crippen molar-refractivity contribution in [2.24, 2.45) is 0 Å². The van der Waals surface area contributed by atoms with Crippen LogP contribution in [0, 0.1) is 0 Å². The van der Waals surface area contributed by atoms with E-state index in [0.717, 1.165) is 12.0 Å². The summed E-state index contributed by atoms with van der Waals surface area (Å²) >= 11 is 0. The van der Waals surface area contributed by atoms with E-state index in [2.05, 4.69) is 19.1 Å². The summed E-state index contributed by atoms with van der Waals surface area (Å²) in [5.74, 6) is 0.259. The summed E-state index contributed by atoms with van der Waals surface area (Å²) in [7, 11) is 1.95. The van der Waals surface area contributed by atoms with E-state index in [1.165, 1.54) is 5.56 Å². The molecule has 0 heterocycles. The highest BCUT2D eigenvalue weighted by molar-refractivity contribution is 6.24. The van der Waals surface area contributed by atoms with Crippen molar-refractivity contribution in [3.63, 3.8) is 0 Å². The maximum Gasteiger partial charge on any atom is 0.129 e. The van der Waals surface area contributed by atoms with Crippen molar-refractivity contribution in [1.29, 1.82) is 0 Å². The van der Waals surface area contributed by atoms with Crippen LogP contribution in [-0.2, 0) is 11.2 Å². The van der Waals surface area contributed by atoms with E-state index < -0.39 is 0 Å². The number of Topliss-reactive ketones (excluding diaryl/α,β-unsaturated/α-hetero) is 1. The van der Waals surface area contributed by atoms with Gasteiger partial charge in [-0.25, -0.2) is 0 Å². The lowest BCUT2D eigenvalue weighted by Gasteiger charge is -2.07. The van der Waals surface area contributed by atoms with Gasteiger partial charge in [-0.1, -0.05) is 31.2 Å². The fraction of sp³-hybridized carbons (Fsp3) is 0.364. The molecule has 0 bridgehead atoms. The summed E-state index contributed by atoms with van der Waals surface area (Å²) in [6.45, 7) is 3.77. The van der Waals surface area contributed by atoms with E-state index in [1.54, 1.807) is 6.92 Å². The molecule has 0 aromatic heterocycles. The first-order valence-electron chi connectivity index (χ1n) is 4.74. The highest BCUT2D eigenvalue weighted by Crippen LogP contribution is 2.14. The molecule has 1 atom stereocenters. The van der Waals surface area contributed by atoms with Crippen molar-refractivity contribution in [2.75, 3.05) is 0 Å². The van der Waals surface area contributed by atoms with Gasteiger partial charge in [-0.2, -0.15) is 0 Å². The van der Waals surface area contributed by atoms with Crippen LogP contribution >= 0.6 is 0 Å². The van der Waals surface area contributed by atoms with Gasteiger partial charge >= 0.3 is 0 Å². The van der Waals surface area contributed by atoms with E-state index in [4.69, 9.17) is 0 Å². The molecule has 1 unspecified atom stereocenters. The van der Waals surface area contributed by atoms with Gasteiger partial charge in [0.05, 0.1) is 0 Å². The van der Waals surface area contributed by atoms with Crippen LogP contribution in [0.5, 0.6) is 0 Å². The Morgan fingerprint density at radius 3 is 2.31 bits per heavy atom. The molecule has 0 saturated carbocycles. The van der Waals surface area contributed by atoms with E-state index in [9.17, 15) is 4.79 Å². The number of carbonyl (C=O) groups excluding carboxylic acids is 1. The molecule has 0 amide bonds. The Balaban J connectivity index is 2.85. The molecule has 0 saturated heterocycles. The number of carbonyl (C=O) groups is 1. The Kier molecular flexibility index (Phi) is 3.29. The van der Waals surface area contributed by atoms with Crippen LogP contribution in [0.2, 0.25) is 0 Å². The molecule has 0 N–H and O–H groups in total. The average molecular weight is 174 g/mol. The van der Waals surface area contributed by atoms with Crippen LogP contribution < -0.4 is 0 Å². The molecule has 0 aliphatic rings. The predicted molar refractivity (Wildman–Crippen MR) is 57.8 cm³/mol. The fourth-order valence-electron chi connectivity index (χ4n) is 1.28. The molecule has 2 heteroatoms. The van der Waals surface area contributed by atoms with Crippen molar-refractivity contribution >= 4 is 13.6 Å². The Labute approximate surface area is 80.6 Å². The Hall–Kier alpha value is -1.05. The zero-order valence-electron chi connectivity index (χ0n) is 8.50. The minimum Gasteiger partial charge on any atom is -0.300 e. The molecule has 1 rings (SSSR count). The number of ketones is 1. The monoisotopic (exact) mass is 174 g/mol. The molecule has 0 aliphatic heterocycles. The van der Waals surface area contributed by atoms with Gasteiger partial charge in [0.1, 0.15) is 13.6 Å². The van der Waals surface area contributed by atoms with Crippen LogP contribution in [-0.4, -0.2) is 13.6 Å². The lowest BCUT2D eigenvalue weighted by atomic mass is 9.78. The van der Waals surface area contributed by atoms with Crippen LogP contribution in [0.4, 0.5) is 0 Å². The second kappa shape index (κ2) is 4.26. The third-order valence-corrected chi connectivity index (χ3v) is 2.50. The molecule has 0 aliphatic carbocycles. The molecule has 1 nitrogen and oxygen atoms in total. The zero-order chi connectivity index (χ0) is 9.84. The number of aryl methyl sites for hydroxylation is 1. The van der Waals surface area contributed by atoms with Crippen molar-refractivity contribution in [3.8, 4) is 0 Å². The molecular formula is C11H15BO. The number of benzene rings is 1. The summed E-state index contributed by atoms with van der Waals surface area (Å²) in [5, 5.41) is 0. The normalized spacial score (nSPS) is 12.5. The Morgan fingerprint density at radius 2 is 1.92 bits per heavy atom. The second-order valence-corrected chi connectivity index (χ2v) is 3.43. The van der Waals surface area contributed by atoms with E-state index in [-0.39, 0.29) is 11.6 Å². The number of hydrogen-bond acceptors (Lipinski definition) is 1. The van der Waals surface area contributed by atoms with Gasteiger partial charge in [0.25, 0.3) is 0 Å². The van der Waals surface area contributed by atoms with Crippen molar-refractivity contribution in [1.82, 2.24) is 0 Å². The lowest BCUT2D eigenvalue weighted by molar-refractivity contribution is -0.116. The van der Waals surface area contributed by atoms with Gasteiger partial charge < -0.3 is 4.79 Å². The second-order valence-electron chi connectivity index (χ2n) is 3.43. The van der Waals surface area contributed by atoms with Crippen LogP contribution in [0.25, 0.3) is 0 Å². The SMILES string of the molecule is BC(C(C)=O)c1ccc(CC)cc1. The third kappa shape index (κ3) is 2.45. The van der Waals surface area contributed by atoms with Gasteiger partial charge in [0.15, 0.2) is 0 Å². The molecule has 0 spiro atoms. The molecule has 68 valence electrons. The number of rotatable bonds is 3. The van der Waals surface area contributed by atoms with E-state index >= 15 is 0 Å². The van der Waals surface area contributed by atoms with Gasteiger partial charge in [-0.15, -0.1) is 0 Å². The highest BCUT2D eigenvalue weighted by Gasteiger charge is 2.09. The van der Waals surface area contributed by atoms with Gasteiger partial charge in [0, 0.05) is 5.82 Å². The quantitative estimate of drug-likeness (QED) is 0.634. The Morgan fingerprint density at radius 1 is 1.38 bits per heavy atom. The molecule has 0 radical (unpaired) electrons. The van der Waals surface area contributed by atoms with Crippen molar-refractivity contribution < 1.29 is 4.79 Å². The maximum atomic E-state index is 11.1. The first-order chi connectivity index (χ1) is 6.15. The standard InChI is InChI=1S/C11H15BO/c1-3-9-4-6-10(7-5-9)11(12)8(2)13/h4-7,11H,3,12H2,1-2H3. The molecule has 13 heavy (non-hydrogen) atoms. The van der Waals surface area contributed by atoms with E-state index in [0.29, 0.717) is 0 Å². The molecular weight excluding hydrogens is 159 g/mol. The first kappa shape index (κ1) is 10.0. The van der Waals surface area contributed by atoms with Gasteiger partial charge in [-0.3, -0.25) is 0 Å². The summed E-state index contributed by atoms with van der Waals surface area (Å²) in [5.41, 5.74) is 2.43. The minimum atomic E-state index is 0.0332. The average Bonchev–Trinajstić information content (AvgIpc) is 2.17. The fourth-order valence-corrected chi connectivity index (χ4v) is 1.28. The minimum absolute atomic E-state index is 0.0332. The van der Waals surface area contributed by atoms with Gasteiger partial charge in [0.2, 0.25) is 0 Å². The zero-order valence-corrected chi connectivity index (χ0v) is 8.50. The van der Waals surface area contributed by atoms with E-state index in [1.807, 2.05) is 20.0 Å². The summed E-state index contributed by atoms with van der Waals surface area (Å²) in [6, 6.07) is 8.28. The topological polar surface area (TPSA) is 17.1 Å². The third-order valence-electron chi connectivity index (χ3n) is 2.50. The largest absolute Gasteiger partial charge is 0.300 e. The first-order valence-corrected chi connectivity index (χ1v) is 4.74. The summed E-state index contributed by atoms with van der Waals surface area (Å²) < 4.78 is 0. The van der Waals surface area contributed by atoms with Crippen LogP contribution in [0.3, 0.4) is 0 Å². The molecule has 1 aromatic carbocycles. The molecule has 0 fully saturated rings. The van der Waals surface area contributed by atoms with Gasteiger partial charge in [-0.05, 0) is 24.5 Å². The van der Waals surface area contributed by atoms with Crippen LogP contribution in [0.15, 0.2) is 24.3 Å². The Bertz CT molecular complexity index is 289. The lowest BCUT2D eigenvalue weighted by Crippen LogP contribution is -2.08. The van der Waals surface area contributed by atoms with Crippen LogP contribution in [0.1, 0.15) is 30.8 Å². The van der Waals surface area contributed by atoms with Crippen molar-refractivity contribution in [2.45, 2.75) is 26.1 Å². The maximum absolute atomic E-state index is 11.1.